The van der Waals surface area contributed by atoms with E-state index in [9.17, 15) is 4.79 Å². The first-order chi connectivity index (χ1) is 6.83. The van der Waals surface area contributed by atoms with Crippen LogP contribution in [0.4, 0.5) is 0 Å². The molecule has 0 rings (SSSR count). The van der Waals surface area contributed by atoms with Crippen LogP contribution in [-0.2, 0) is 18.7 Å². The van der Waals surface area contributed by atoms with Crippen LogP contribution in [0.1, 0.15) is 27.7 Å². The van der Waals surface area contributed by atoms with E-state index in [2.05, 4.69) is 6.58 Å². The summed E-state index contributed by atoms with van der Waals surface area (Å²) >= 11 is 0. The van der Waals surface area contributed by atoms with Gasteiger partial charge in [-0.2, -0.15) is 0 Å². The van der Waals surface area contributed by atoms with Crippen LogP contribution in [0.25, 0.3) is 0 Å². The van der Waals surface area contributed by atoms with Gasteiger partial charge < -0.3 is 13.9 Å². The fraction of sp³-hybridized carbons (Fsp3) is 0.700. The molecule has 1 atom stereocenters. The van der Waals surface area contributed by atoms with E-state index >= 15 is 0 Å². The van der Waals surface area contributed by atoms with Crippen molar-refractivity contribution in [1.29, 1.82) is 0 Å². The molecule has 0 heterocycles. The SMILES string of the molecule is C=CC(=O)OC(C)(C)C(C)(O[SiH3])OCC. The van der Waals surface area contributed by atoms with E-state index in [-0.39, 0.29) is 0 Å². The molecule has 0 aliphatic heterocycles. The first-order valence-corrected chi connectivity index (χ1v) is 5.69. The number of hydrogen-bond acceptors (Lipinski definition) is 4. The molecular formula is C10H20O4Si. The molecule has 4 nitrogen and oxygen atoms in total. The highest BCUT2D eigenvalue weighted by molar-refractivity contribution is 5.98. The lowest BCUT2D eigenvalue weighted by Gasteiger charge is -2.41. The minimum Gasteiger partial charge on any atom is -0.451 e. The zero-order chi connectivity index (χ0) is 12.1. The normalized spacial score (nSPS) is 15.7. The average molecular weight is 232 g/mol. The molecule has 0 aliphatic rings. The van der Waals surface area contributed by atoms with E-state index in [1.165, 1.54) is 0 Å². The van der Waals surface area contributed by atoms with Gasteiger partial charge in [0.25, 0.3) is 0 Å². The number of ether oxygens (including phenoxy) is 2. The predicted octanol–water partition coefficient (Wildman–Crippen LogP) is 0.544. The summed E-state index contributed by atoms with van der Waals surface area (Å²) in [6.45, 7) is 11.0. The minimum atomic E-state index is -0.910. The zero-order valence-corrected chi connectivity index (χ0v) is 12.1. The van der Waals surface area contributed by atoms with Crippen molar-refractivity contribution in [2.75, 3.05) is 6.61 Å². The van der Waals surface area contributed by atoms with E-state index in [1.807, 2.05) is 6.92 Å². The Hall–Kier alpha value is -0.653. The number of hydrogen-bond donors (Lipinski definition) is 0. The first kappa shape index (κ1) is 14.3. The van der Waals surface area contributed by atoms with Gasteiger partial charge in [-0.3, -0.25) is 0 Å². The standard InChI is InChI=1S/C10H20O4Si/c1-6-8(11)13-9(3,4)10(5,14-15)12-7-2/h6H,1,7H2,2-5,15H3. The maximum absolute atomic E-state index is 11.2. The minimum absolute atomic E-state index is 0.482. The van der Waals surface area contributed by atoms with Crippen molar-refractivity contribution in [2.24, 2.45) is 0 Å². The Balaban J connectivity index is 4.78. The first-order valence-electron chi connectivity index (χ1n) is 4.87. The molecule has 0 radical (unpaired) electrons. The highest BCUT2D eigenvalue weighted by Crippen LogP contribution is 2.30. The second-order valence-corrected chi connectivity index (χ2v) is 4.13. The summed E-state index contributed by atoms with van der Waals surface area (Å²) in [6.07, 6.45) is 1.13. The molecule has 15 heavy (non-hydrogen) atoms. The Morgan fingerprint density at radius 3 is 2.33 bits per heavy atom. The monoisotopic (exact) mass is 232 g/mol. The second-order valence-electron chi connectivity index (χ2n) is 3.72. The molecule has 0 aromatic carbocycles. The van der Waals surface area contributed by atoms with Gasteiger partial charge in [0.05, 0.1) is 0 Å². The lowest BCUT2D eigenvalue weighted by atomic mass is 9.99. The zero-order valence-electron chi connectivity index (χ0n) is 10.1. The van der Waals surface area contributed by atoms with Crippen molar-refractivity contribution in [3.63, 3.8) is 0 Å². The summed E-state index contributed by atoms with van der Waals surface area (Å²) < 4.78 is 16.1. The van der Waals surface area contributed by atoms with Gasteiger partial charge in [0, 0.05) is 12.7 Å². The third-order valence-corrected chi connectivity index (χ3v) is 3.20. The summed E-state index contributed by atoms with van der Waals surface area (Å²) in [6, 6.07) is 0. The molecule has 0 aliphatic carbocycles. The van der Waals surface area contributed by atoms with Crippen LogP contribution in [-0.4, -0.2) is 34.5 Å². The van der Waals surface area contributed by atoms with Crippen LogP contribution in [0.3, 0.4) is 0 Å². The summed E-state index contributed by atoms with van der Waals surface area (Å²) in [5.74, 6) is -1.39. The molecule has 0 N–H and O–H groups in total. The Morgan fingerprint density at radius 2 is 2.00 bits per heavy atom. The summed E-state index contributed by atoms with van der Waals surface area (Å²) in [7, 11) is 0.502. The van der Waals surface area contributed by atoms with Crippen LogP contribution in [0.5, 0.6) is 0 Å². The number of rotatable bonds is 6. The van der Waals surface area contributed by atoms with Crippen LogP contribution in [0.15, 0.2) is 12.7 Å². The third kappa shape index (κ3) is 3.44. The quantitative estimate of drug-likeness (QED) is 0.290. The van der Waals surface area contributed by atoms with E-state index in [1.54, 1.807) is 20.8 Å². The number of carbonyl (C=O) groups is 1. The second kappa shape index (κ2) is 5.44. The molecule has 0 aromatic heterocycles. The third-order valence-electron chi connectivity index (χ3n) is 2.43. The highest BCUT2D eigenvalue weighted by Gasteiger charge is 2.45. The summed E-state index contributed by atoms with van der Waals surface area (Å²) in [4.78, 5) is 11.2. The molecule has 5 heteroatoms. The van der Waals surface area contributed by atoms with Gasteiger partial charge in [-0.05, 0) is 27.7 Å². The maximum Gasteiger partial charge on any atom is 0.330 e. The van der Waals surface area contributed by atoms with Crippen molar-refractivity contribution in [2.45, 2.75) is 39.1 Å². The number of carbonyl (C=O) groups excluding carboxylic acids is 1. The van der Waals surface area contributed by atoms with Gasteiger partial charge in [0.15, 0.2) is 11.4 Å². The molecule has 88 valence electrons. The van der Waals surface area contributed by atoms with Crippen molar-refractivity contribution in [3.05, 3.63) is 12.7 Å². The molecule has 0 bridgehead atoms. The molecule has 1 unspecified atom stereocenters. The van der Waals surface area contributed by atoms with Gasteiger partial charge in [-0.15, -0.1) is 0 Å². The topological polar surface area (TPSA) is 44.8 Å². The predicted molar refractivity (Wildman–Crippen MR) is 61.4 cm³/mol. The smallest absolute Gasteiger partial charge is 0.330 e. The molecule has 0 saturated carbocycles. The van der Waals surface area contributed by atoms with Crippen molar-refractivity contribution in [1.82, 2.24) is 0 Å². The summed E-state index contributed by atoms with van der Waals surface area (Å²) in [5, 5.41) is 0. The fourth-order valence-corrected chi connectivity index (χ4v) is 1.75. The van der Waals surface area contributed by atoms with E-state index in [0.717, 1.165) is 6.08 Å². The lowest BCUT2D eigenvalue weighted by molar-refractivity contribution is -0.265. The van der Waals surface area contributed by atoms with Gasteiger partial charge in [0.2, 0.25) is 0 Å². The molecule has 0 saturated heterocycles. The maximum atomic E-state index is 11.2. The molecule has 0 spiro atoms. The van der Waals surface area contributed by atoms with Crippen molar-refractivity contribution < 1.29 is 18.7 Å². The van der Waals surface area contributed by atoms with E-state index in [4.69, 9.17) is 13.9 Å². The summed E-state index contributed by atoms with van der Waals surface area (Å²) in [5.41, 5.74) is -0.851. The van der Waals surface area contributed by atoms with Crippen LogP contribution >= 0.6 is 0 Å². The lowest BCUT2D eigenvalue weighted by Crippen LogP contribution is -2.54. The van der Waals surface area contributed by atoms with E-state index < -0.39 is 17.4 Å². The Morgan fingerprint density at radius 1 is 1.47 bits per heavy atom. The molecule has 0 aromatic rings. The van der Waals surface area contributed by atoms with Gasteiger partial charge in [-0.1, -0.05) is 6.58 Å². The van der Waals surface area contributed by atoms with Crippen LogP contribution < -0.4 is 0 Å². The van der Waals surface area contributed by atoms with Gasteiger partial charge in [0.1, 0.15) is 10.5 Å². The van der Waals surface area contributed by atoms with Crippen LogP contribution in [0, 0.1) is 0 Å². The number of esters is 1. The Labute approximate surface area is 94.1 Å². The Bertz CT molecular complexity index is 240. The molecular weight excluding hydrogens is 212 g/mol. The van der Waals surface area contributed by atoms with Gasteiger partial charge in [-0.25, -0.2) is 4.79 Å². The van der Waals surface area contributed by atoms with Crippen molar-refractivity contribution >= 4 is 16.5 Å². The largest absolute Gasteiger partial charge is 0.451 e. The average Bonchev–Trinajstić information content (AvgIpc) is 2.17. The van der Waals surface area contributed by atoms with Gasteiger partial charge >= 0.3 is 5.97 Å². The van der Waals surface area contributed by atoms with Crippen molar-refractivity contribution in [3.8, 4) is 0 Å². The van der Waals surface area contributed by atoms with Crippen LogP contribution in [0.2, 0.25) is 0 Å². The van der Waals surface area contributed by atoms with E-state index in [0.29, 0.717) is 17.1 Å². The Kier molecular flexibility index (Phi) is 5.20. The fourth-order valence-electron chi connectivity index (χ4n) is 1.14. The molecule has 0 amide bonds. The highest BCUT2D eigenvalue weighted by atomic mass is 28.2. The molecule has 0 fully saturated rings.